The van der Waals surface area contributed by atoms with E-state index in [0.29, 0.717) is 16.7 Å². The van der Waals surface area contributed by atoms with Gasteiger partial charge in [0.2, 0.25) is 0 Å². The van der Waals surface area contributed by atoms with Crippen LogP contribution in [-0.2, 0) is 6.42 Å². The van der Waals surface area contributed by atoms with E-state index >= 15 is 0 Å². The van der Waals surface area contributed by atoms with E-state index in [1.54, 1.807) is 30.3 Å². The van der Waals surface area contributed by atoms with Gasteiger partial charge in [-0.15, -0.1) is 0 Å². The van der Waals surface area contributed by atoms with Crippen LogP contribution in [0.5, 0.6) is 5.75 Å². The van der Waals surface area contributed by atoms with Crippen LogP contribution in [0.25, 0.3) is 10.9 Å². The molecule has 5 heteroatoms. The first-order valence-electron chi connectivity index (χ1n) is 7.13. The van der Waals surface area contributed by atoms with Gasteiger partial charge in [0.1, 0.15) is 11.1 Å². The lowest BCUT2D eigenvalue weighted by atomic mass is 10.1. The molecule has 22 heavy (non-hydrogen) atoms. The van der Waals surface area contributed by atoms with Crippen molar-refractivity contribution in [3.05, 3.63) is 65.0 Å². The van der Waals surface area contributed by atoms with Gasteiger partial charge in [-0.1, -0.05) is 12.1 Å². The Morgan fingerprint density at radius 1 is 1.27 bits per heavy atom. The summed E-state index contributed by atoms with van der Waals surface area (Å²) < 4.78 is 6.95. The van der Waals surface area contributed by atoms with Crippen molar-refractivity contribution >= 4 is 10.9 Å². The van der Waals surface area contributed by atoms with E-state index in [4.69, 9.17) is 4.74 Å². The number of fused-ring (bicyclic) bond motifs is 1. The second-order valence-corrected chi connectivity index (χ2v) is 5.23. The molecule has 2 aromatic heterocycles. The van der Waals surface area contributed by atoms with Gasteiger partial charge >= 0.3 is 0 Å². The number of hydrogen-bond acceptors (Lipinski definition) is 4. The predicted molar refractivity (Wildman–Crippen MR) is 85.2 cm³/mol. The van der Waals surface area contributed by atoms with Crippen LogP contribution < -0.4 is 10.3 Å². The monoisotopic (exact) mass is 295 g/mol. The van der Waals surface area contributed by atoms with Crippen molar-refractivity contribution in [2.45, 2.75) is 19.4 Å². The molecule has 0 unspecified atom stereocenters. The fourth-order valence-electron chi connectivity index (χ4n) is 2.59. The van der Waals surface area contributed by atoms with Crippen LogP contribution in [0.2, 0.25) is 0 Å². The number of ether oxygens (including phenoxy) is 1. The number of aromatic nitrogens is 3. The summed E-state index contributed by atoms with van der Waals surface area (Å²) in [7, 11) is 1.56. The predicted octanol–water partition coefficient (Wildman–Crippen LogP) is 2.60. The van der Waals surface area contributed by atoms with E-state index in [9.17, 15) is 4.79 Å². The van der Waals surface area contributed by atoms with Crippen molar-refractivity contribution in [3.63, 3.8) is 0 Å². The molecule has 0 fully saturated rings. The Bertz CT molecular complexity index is 843. The molecule has 0 bridgehead atoms. The summed E-state index contributed by atoms with van der Waals surface area (Å²) >= 11 is 0. The van der Waals surface area contributed by atoms with E-state index in [0.717, 1.165) is 12.0 Å². The summed E-state index contributed by atoms with van der Waals surface area (Å²) in [6.07, 6.45) is 5.88. The van der Waals surface area contributed by atoms with Crippen LogP contribution in [0.3, 0.4) is 0 Å². The smallest absolute Gasteiger partial charge is 0.265 e. The Hall–Kier alpha value is -2.69. The Morgan fingerprint density at radius 3 is 2.86 bits per heavy atom. The van der Waals surface area contributed by atoms with Crippen LogP contribution in [0, 0.1) is 0 Å². The lowest BCUT2D eigenvalue weighted by Crippen LogP contribution is -2.25. The molecule has 0 N–H and O–H groups in total. The zero-order chi connectivity index (χ0) is 15.5. The molecule has 3 rings (SSSR count). The SMILES string of the molecule is COc1cccc2ncn([C@H](C)Cc3cccnc3)c(=O)c12. The van der Waals surface area contributed by atoms with Crippen molar-refractivity contribution < 1.29 is 4.74 Å². The van der Waals surface area contributed by atoms with Crippen LogP contribution in [0.15, 0.2) is 53.8 Å². The zero-order valence-electron chi connectivity index (χ0n) is 12.6. The van der Waals surface area contributed by atoms with E-state index in [2.05, 4.69) is 9.97 Å². The van der Waals surface area contributed by atoms with Gasteiger partial charge in [0.25, 0.3) is 5.56 Å². The molecule has 0 saturated heterocycles. The summed E-state index contributed by atoms with van der Waals surface area (Å²) in [6.45, 7) is 2.00. The average Bonchev–Trinajstić information content (AvgIpc) is 2.55. The summed E-state index contributed by atoms with van der Waals surface area (Å²) in [5.74, 6) is 0.554. The highest BCUT2D eigenvalue weighted by Gasteiger charge is 2.13. The van der Waals surface area contributed by atoms with Gasteiger partial charge in [-0.05, 0) is 37.1 Å². The lowest BCUT2D eigenvalue weighted by Gasteiger charge is -2.15. The molecule has 5 nitrogen and oxygen atoms in total. The van der Waals surface area contributed by atoms with Gasteiger partial charge in [-0.25, -0.2) is 4.98 Å². The van der Waals surface area contributed by atoms with Crippen LogP contribution in [0.4, 0.5) is 0 Å². The number of benzene rings is 1. The highest BCUT2D eigenvalue weighted by Crippen LogP contribution is 2.21. The van der Waals surface area contributed by atoms with Gasteiger partial charge < -0.3 is 4.74 Å². The molecule has 2 heterocycles. The molecule has 0 aliphatic rings. The van der Waals surface area contributed by atoms with Crippen LogP contribution >= 0.6 is 0 Å². The van der Waals surface area contributed by atoms with Crippen molar-refractivity contribution in [2.24, 2.45) is 0 Å². The highest BCUT2D eigenvalue weighted by atomic mass is 16.5. The molecule has 1 atom stereocenters. The van der Waals surface area contributed by atoms with E-state index in [-0.39, 0.29) is 11.6 Å². The van der Waals surface area contributed by atoms with Crippen molar-refractivity contribution in [1.29, 1.82) is 0 Å². The van der Waals surface area contributed by atoms with Gasteiger partial charge in [0, 0.05) is 18.4 Å². The van der Waals surface area contributed by atoms with Crippen LogP contribution in [-0.4, -0.2) is 21.6 Å². The number of hydrogen-bond donors (Lipinski definition) is 0. The van der Waals surface area contributed by atoms with E-state index in [1.807, 2.05) is 37.4 Å². The molecule has 0 spiro atoms. The quantitative estimate of drug-likeness (QED) is 0.742. The molecule has 1 aromatic carbocycles. The molecule has 3 aromatic rings. The molecule has 0 saturated carbocycles. The average molecular weight is 295 g/mol. The lowest BCUT2D eigenvalue weighted by molar-refractivity contribution is 0.418. The maximum absolute atomic E-state index is 12.8. The minimum Gasteiger partial charge on any atom is -0.496 e. The first kappa shape index (κ1) is 14.3. The molecule has 112 valence electrons. The van der Waals surface area contributed by atoms with E-state index < -0.39 is 0 Å². The second-order valence-electron chi connectivity index (χ2n) is 5.23. The van der Waals surface area contributed by atoms with E-state index in [1.165, 1.54) is 0 Å². The molecular formula is C17H17N3O2. The molecule has 0 aliphatic heterocycles. The van der Waals surface area contributed by atoms with Gasteiger partial charge in [-0.2, -0.15) is 0 Å². The second kappa shape index (κ2) is 5.97. The Labute approximate surface area is 128 Å². The van der Waals surface area contributed by atoms with Crippen molar-refractivity contribution in [3.8, 4) is 5.75 Å². The number of nitrogens with zero attached hydrogens (tertiary/aromatic N) is 3. The zero-order valence-corrected chi connectivity index (χ0v) is 12.6. The number of methoxy groups -OCH3 is 1. The van der Waals surface area contributed by atoms with Gasteiger partial charge in [0.05, 0.1) is 19.0 Å². The maximum Gasteiger partial charge on any atom is 0.265 e. The normalized spacial score (nSPS) is 12.3. The van der Waals surface area contributed by atoms with Gasteiger partial charge in [0.15, 0.2) is 0 Å². The molecule has 0 amide bonds. The third-order valence-electron chi connectivity index (χ3n) is 3.72. The number of pyridine rings is 1. The van der Waals surface area contributed by atoms with Crippen molar-refractivity contribution in [2.75, 3.05) is 7.11 Å². The third kappa shape index (κ3) is 2.57. The van der Waals surface area contributed by atoms with Crippen LogP contribution in [0.1, 0.15) is 18.5 Å². The molecular weight excluding hydrogens is 278 g/mol. The Balaban J connectivity index is 2.04. The standard InChI is InChI=1S/C17H17N3O2/c1-12(9-13-5-4-8-18-10-13)20-11-19-14-6-3-7-15(22-2)16(14)17(20)21/h3-8,10-12H,9H2,1-2H3/t12-/m1/s1. The third-order valence-corrected chi connectivity index (χ3v) is 3.72. The number of rotatable bonds is 4. The fraction of sp³-hybridized carbons (Fsp3) is 0.235. The summed E-state index contributed by atoms with van der Waals surface area (Å²) in [6, 6.07) is 9.31. The van der Waals surface area contributed by atoms with Gasteiger partial charge in [-0.3, -0.25) is 14.3 Å². The first-order chi connectivity index (χ1) is 10.7. The maximum atomic E-state index is 12.8. The minimum absolute atomic E-state index is 0.0153. The fourth-order valence-corrected chi connectivity index (χ4v) is 2.59. The molecule has 0 radical (unpaired) electrons. The highest BCUT2D eigenvalue weighted by molar-refractivity contribution is 5.83. The summed E-state index contributed by atoms with van der Waals surface area (Å²) in [5.41, 5.74) is 1.65. The summed E-state index contributed by atoms with van der Waals surface area (Å²) in [4.78, 5) is 21.3. The minimum atomic E-state index is -0.0844. The Kier molecular flexibility index (Phi) is 3.87. The van der Waals surface area contributed by atoms with Crippen molar-refractivity contribution in [1.82, 2.24) is 14.5 Å². The summed E-state index contributed by atoms with van der Waals surface area (Å²) in [5, 5.41) is 0.519. The Morgan fingerprint density at radius 2 is 2.14 bits per heavy atom. The first-order valence-corrected chi connectivity index (χ1v) is 7.13. The topological polar surface area (TPSA) is 57.0 Å². The molecule has 0 aliphatic carbocycles. The largest absolute Gasteiger partial charge is 0.496 e.